The highest BCUT2D eigenvalue weighted by atomic mass is 16.6. The van der Waals surface area contributed by atoms with Gasteiger partial charge in [0, 0.05) is 17.7 Å². The van der Waals surface area contributed by atoms with Crippen LogP contribution in [0, 0.1) is 33.8 Å². The first-order chi connectivity index (χ1) is 16.3. The Hall–Kier alpha value is -4.14. The average molecular weight is 460 g/mol. The Morgan fingerprint density at radius 2 is 1.76 bits per heavy atom. The SMILES string of the molecule is CC1=C[C@H]2C[C@@H]1[C@@H]1C(=O)N(c3cccc(C(=O)OCC(=O)c4ccc([N+](=O)[O-])cc4)c3)C(=O)[C@H]12. The van der Waals surface area contributed by atoms with Gasteiger partial charge < -0.3 is 4.74 Å². The molecule has 2 amide bonds. The van der Waals surface area contributed by atoms with E-state index in [2.05, 4.69) is 6.08 Å². The van der Waals surface area contributed by atoms with E-state index in [1.807, 2.05) is 6.92 Å². The van der Waals surface area contributed by atoms with Crippen LogP contribution in [0.2, 0.25) is 0 Å². The van der Waals surface area contributed by atoms with Crippen molar-refractivity contribution < 1.29 is 28.8 Å². The van der Waals surface area contributed by atoms with Crippen LogP contribution in [0.3, 0.4) is 0 Å². The normalized spacial score (nSPS) is 24.7. The maximum atomic E-state index is 13.1. The lowest BCUT2D eigenvalue weighted by Crippen LogP contribution is -2.33. The lowest BCUT2D eigenvalue weighted by atomic mass is 9.82. The Morgan fingerprint density at radius 1 is 1.06 bits per heavy atom. The van der Waals surface area contributed by atoms with Crippen LogP contribution in [-0.2, 0) is 14.3 Å². The molecular formula is C25H20N2O7. The predicted molar refractivity (Wildman–Crippen MR) is 119 cm³/mol. The molecule has 2 fully saturated rings. The standard InChI is InChI=1S/C25H20N2O7/c1-13-9-16-11-19(13)22-21(16)23(29)26(24(22)30)18-4-2-3-15(10-18)25(31)34-12-20(28)14-5-7-17(8-6-14)27(32)33/h2-10,16,19,21-22H,11-12H2,1H3/t16-,19-,21-,22-/m0/s1. The van der Waals surface area contributed by atoms with E-state index in [1.54, 1.807) is 12.1 Å². The molecule has 0 radical (unpaired) electrons. The molecule has 2 aliphatic carbocycles. The third-order valence-electron chi connectivity index (χ3n) is 6.96. The Bertz CT molecular complexity index is 1280. The number of hydrogen-bond donors (Lipinski definition) is 0. The van der Waals surface area contributed by atoms with Crippen LogP contribution in [0.25, 0.3) is 0 Å². The molecule has 0 aromatic heterocycles. The molecule has 172 valence electrons. The van der Waals surface area contributed by atoms with Crippen molar-refractivity contribution in [3.63, 3.8) is 0 Å². The van der Waals surface area contributed by atoms with Crippen molar-refractivity contribution >= 4 is 34.9 Å². The summed E-state index contributed by atoms with van der Waals surface area (Å²) in [5.41, 5.74) is 1.58. The summed E-state index contributed by atoms with van der Waals surface area (Å²) in [6.45, 7) is 1.44. The fourth-order valence-electron chi connectivity index (χ4n) is 5.37. The van der Waals surface area contributed by atoms with E-state index in [-0.39, 0.29) is 52.3 Å². The number of esters is 1. The molecule has 9 nitrogen and oxygen atoms in total. The first-order valence-corrected chi connectivity index (χ1v) is 10.9. The third-order valence-corrected chi connectivity index (χ3v) is 6.96. The van der Waals surface area contributed by atoms with Crippen molar-refractivity contribution in [2.24, 2.45) is 23.7 Å². The number of nitro benzene ring substituents is 1. The summed E-state index contributed by atoms with van der Waals surface area (Å²) in [7, 11) is 0. The van der Waals surface area contributed by atoms with E-state index in [0.717, 1.165) is 12.0 Å². The van der Waals surface area contributed by atoms with Crippen LogP contribution in [0.4, 0.5) is 11.4 Å². The zero-order chi connectivity index (χ0) is 24.1. The number of rotatable bonds is 6. The number of fused-ring (bicyclic) bond motifs is 5. The van der Waals surface area contributed by atoms with Gasteiger partial charge in [0.2, 0.25) is 11.8 Å². The molecule has 34 heavy (non-hydrogen) atoms. The quantitative estimate of drug-likeness (QED) is 0.162. The number of amides is 2. The van der Waals surface area contributed by atoms with Gasteiger partial charge in [0.15, 0.2) is 12.4 Å². The number of Topliss-reactive ketones (excluding diaryl/α,β-unsaturated/α-hetero) is 1. The van der Waals surface area contributed by atoms with Gasteiger partial charge in [-0.25, -0.2) is 9.69 Å². The maximum Gasteiger partial charge on any atom is 0.338 e. The highest BCUT2D eigenvalue weighted by Crippen LogP contribution is 2.55. The molecule has 2 aromatic carbocycles. The van der Waals surface area contributed by atoms with E-state index in [0.29, 0.717) is 5.69 Å². The van der Waals surface area contributed by atoms with Crippen molar-refractivity contribution in [3.05, 3.63) is 81.4 Å². The average Bonchev–Trinajstić information content (AvgIpc) is 3.47. The van der Waals surface area contributed by atoms with Crippen molar-refractivity contribution in [2.45, 2.75) is 13.3 Å². The molecule has 1 saturated heterocycles. The summed E-state index contributed by atoms with van der Waals surface area (Å²) in [6.07, 6.45) is 2.93. The summed E-state index contributed by atoms with van der Waals surface area (Å²) in [5.74, 6) is -2.32. The van der Waals surface area contributed by atoms with Crippen molar-refractivity contribution in [2.75, 3.05) is 11.5 Å². The number of anilines is 1. The molecule has 4 atom stereocenters. The summed E-state index contributed by atoms with van der Waals surface area (Å²) < 4.78 is 5.11. The van der Waals surface area contributed by atoms with E-state index < -0.39 is 23.3 Å². The monoisotopic (exact) mass is 460 g/mol. The summed E-state index contributed by atoms with van der Waals surface area (Å²) in [5, 5.41) is 10.7. The van der Waals surface area contributed by atoms with Gasteiger partial charge in [-0.1, -0.05) is 17.7 Å². The van der Waals surface area contributed by atoms with Gasteiger partial charge in [-0.05, 0) is 55.5 Å². The van der Waals surface area contributed by atoms with Crippen LogP contribution in [-0.4, -0.2) is 35.1 Å². The Kier molecular flexibility index (Phi) is 5.11. The first-order valence-electron chi connectivity index (χ1n) is 10.9. The van der Waals surface area contributed by atoms with Crippen LogP contribution < -0.4 is 4.90 Å². The highest BCUT2D eigenvalue weighted by Gasteiger charge is 2.60. The molecule has 9 heteroatoms. The minimum atomic E-state index is -0.783. The van der Waals surface area contributed by atoms with Gasteiger partial charge in [0.1, 0.15) is 0 Å². The number of benzene rings is 2. The molecule has 2 bridgehead atoms. The fourth-order valence-corrected chi connectivity index (χ4v) is 5.37. The van der Waals surface area contributed by atoms with Crippen molar-refractivity contribution in [3.8, 4) is 0 Å². The first kappa shape index (κ1) is 21.7. The van der Waals surface area contributed by atoms with Gasteiger partial charge in [0.05, 0.1) is 28.0 Å². The van der Waals surface area contributed by atoms with Crippen LogP contribution in [0.1, 0.15) is 34.1 Å². The molecule has 2 aromatic rings. The summed E-state index contributed by atoms with van der Waals surface area (Å²) >= 11 is 0. The molecular weight excluding hydrogens is 440 g/mol. The number of non-ortho nitro benzene ring substituents is 1. The molecule has 1 saturated carbocycles. The van der Waals surface area contributed by atoms with Gasteiger partial charge >= 0.3 is 5.97 Å². The zero-order valence-corrected chi connectivity index (χ0v) is 18.2. The van der Waals surface area contributed by atoms with Gasteiger partial charge in [-0.2, -0.15) is 0 Å². The minimum Gasteiger partial charge on any atom is -0.454 e. The number of ether oxygens (including phenoxy) is 1. The van der Waals surface area contributed by atoms with Gasteiger partial charge in [-0.15, -0.1) is 0 Å². The summed E-state index contributed by atoms with van der Waals surface area (Å²) in [4.78, 5) is 62.4. The Morgan fingerprint density at radius 3 is 2.47 bits per heavy atom. The second-order valence-corrected chi connectivity index (χ2v) is 8.83. The van der Waals surface area contributed by atoms with E-state index in [9.17, 15) is 29.3 Å². The molecule has 5 rings (SSSR count). The predicted octanol–water partition coefficient (Wildman–Crippen LogP) is 3.34. The molecule has 0 spiro atoms. The van der Waals surface area contributed by atoms with E-state index in [1.165, 1.54) is 41.3 Å². The number of nitro groups is 1. The molecule has 1 aliphatic heterocycles. The van der Waals surface area contributed by atoms with Gasteiger partial charge in [-0.3, -0.25) is 24.5 Å². The molecule has 0 N–H and O–H groups in total. The number of allylic oxidation sites excluding steroid dienone is 2. The smallest absolute Gasteiger partial charge is 0.338 e. The van der Waals surface area contributed by atoms with E-state index >= 15 is 0 Å². The number of nitrogens with zero attached hydrogens (tertiary/aromatic N) is 2. The minimum absolute atomic E-state index is 0.0787. The van der Waals surface area contributed by atoms with Crippen LogP contribution >= 0.6 is 0 Å². The molecule has 0 unspecified atom stereocenters. The maximum absolute atomic E-state index is 13.1. The van der Waals surface area contributed by atoms with E-state index in [4.69, 9.17) is 4.74 Å². The van der Waals surface area contributed by atoms with Gasteiger partial charge in [0.25, 0.3) is 5.69 Å². The highest BCUT2D eigenvalue weighted by molar-refractivity contribution is 6.23. The Balaban J connectivity index is 1.28. The topological polar surface area (TPSA) is 124 Å². The summed E-state index contributed by atoms with van der Waals surface area (Å²) in [6, 6.07) is 11.0. The van der Waals surface area contributed by atoms with Crippen LogP contribution in [0.5, 0.6) is 0 Å². The number of carbonyl (C=O) groups is 4. The van der Waals surface area contributed by atoms with Crippen molar-refractivity contribution in [1.29, 1.82) is 0 Å². The number of ketones is 1. The second kappa shape index (κ2) is 8.02. The van der Waals surface area contributed by atoms with Crippen molar-refractivity contribution in [1.82, 2.24) is 0 Å². The number of carbonyl (C=O) groups excluding carboxylic acids is 4. The number of imide groups is 1. The lowest BCUT2D eigenvalue weighted by molar-refractivity contribution is -0.384. The second-order valence-electron chi connectivity index (χ2n) is 8.83. The molecule has 1 heterocycles. The largest absolute Gasteiger partial charge is 0.454 e. The molecule has 3 aliphatic rings. The fraction of sp³-hybridized carbons (Fsp3) is 0.280. The van der Waals surface area contributed by atoms with Crippen LogP contribution in [0.15, 0.2) is 60.2 Å². The third kappa shape index (κ3) is 3.40. The lowest BCUT2D eigenvalue weighted by Gasteiger charge is -2.19. The Labute approximate surface area is 194 Å². The number of hydrogen-bond acceptors (Lipinski definition) is 7. The zero-order valence-electron chi connectivity index (χ0n) is 18.2.